The molecule has 0 radical (unpaired) electrons. The zero-order valence-electron chi connectivity index (χ0n) is 27.2. The van der Waals surface area contributed by atoms with E-state index in [1.54, 1.807) is 0 Å². The number of aryl methyl sites for hydroxylation is 2. The molecule has 3 heterocycles. The van der Waals surface area contributed by atoms with Crippen LogP contribution in [0.4, 0.5) is 0 Å². The van der Waals surface area contributed by atoms with Gasteiger partial charge in [-0.1, -0.05) is 79.7 Å². The summed E-state index contributed by atoms with van der Waals surface area (Å²) in [6.45, 7) is 8.21. The van der Waals surface area contributed by atoms with Gasteiger partial charge >= 0.3 is 29.6 Å². The Morgan fingerprint density at radius 2 is 1.63 bits per heavy atom. The molecule has 1 N–H and O–H groups in total. The number of fused-ring (bicyclic) bond motifs is 3. The number of aliphatic carboxylic acids is 1. The Morgan fingerprint density at radius 1 is 0.957 bits per heavy atom. The maximum absolute atomic E-state index is 13.6. The fraction of sp³-hybridized carbons (Fsp3) is 0.342. The molecule has 2 unspecified atom stereocenters. The number of rotatable bonds is 10. The van der Waals surface area contributed by atoms with Crippen molar-refractivity contribution in [2.45, 2.75) is 65.0 Å². The summed E-state index contributed by atoms with van der Waals surface area (Å²) < 4.78 is 7.84. The monoisotopic (exact) mass is 625 g/mol. The van der Waals surface area contributed by atoms with Gasteiger partial charge in [0.05, 0.1) is 11.4 Å². The van der Waals surface area contributed by atoms with E-state index in [-0.39, 0.29) is 47.3 Å². The molecule has 232 valence electrons. The van der Waals surface area contributed by atoms with Crippen molar-refractivity contribution in [2.24, 2.45) is 5.92 Å². The Morgan fingerprint density at radius 3 is 2.30 bits per heavy atom. The molecule has 0 aliphatic carbocycles. The summed E-state index contributed by atoms with van der Waals surface area (Å²) in [7, 11) is 0. The van der Waals surface area contributed by atoms with Gasteiger partial charge in [-0.3, -0.25) is 4.79 Å². The third kappa shape index (κ3) is 6.79. The Labute approximate surface area is 292 Å². The molecule has 5 aromatic rings. The summed E-state index contributed by atoms with van der Waals surface area (Å²) in [4.78, 5) is 30.7. The average Bonchev–Trinajstić information content (AvgIpc) is 3.36. The number of amides is 1. The van der Waals surface area contributed by atoms with Gasteiger partial charge in [0, 0.05) is 54.7 Å². The molecule has 3 aromatic carbocycles. The Balaban J connectivity index is 0.00000417. The Kier molecular flexibility index (Phi) is 11.0. The van der Waals surface area contributed by atoms with Crippen LogP contribution in [0.3, 0.4) is 0 Å². The van der Waals surface area contributed by atoms with Crippen molar-refractivity contribution in [1.82, 2.24) is 14.9 Å². The SMILES string of the molecule is CCC(C(=O)[O-])c1c(C)nc2c(c1C)c1ccccc1n2Cc1ccc(C(C(=O)NCc2ccccc2)C2CCOCC2)cc1.[Na+]. The molecule has 2 atom stereocenters. The van der Waals surface area contributed by atoms with E-state index in [1.165, 1.54) is 0 Å². The first-order chi connectivity index (χ1) is 21.9. The van der Waals surface area contributed by atoms with Crippen LogP contribution >= 0.6 is 0 Å². The molecule has 46 heavy (non-hydrogen) atoms. The minimum Gasteiger partial charge on any atom is -0.549 e. The zero-order valence-corrected chi connectivity index (χ0v) is 29.2. The fourth-order valence-corrected chi connectivity index (χ4v) is 7.16. The molecule has 0 spiro atoms. The van der Waals surface area contributed by atoms with Crippen molar-refractivity contribution in [3.63, 3.8) is 0 Å². The molecule has 6 rings (SSSR count). The second kappa shape index (κ2) is 14.9. The van der Waals surface area contributed by atoms with Crippen LogP contribution < -0.4 is 40.0 Å². The standard InChI is InChI=1S/C38H41N3O4.Na/c1-4-30(38(43)44)33-24(2)34-31-12-8-9-13-32(31)41(36(34)40-25(33)3)23-27-14-16-28(17-15-27)35(29-18-20-45-21-19-29)37(42)39-22-26-10-6-5-7-11-26;/h5-17,29-30,35H,4,18-23H2,1-3H3,(H,39,42)(H,43,44);/q;+1/p-1. The molecule has 1 aliphatic heterocycles. The number of para-hydroxylation sites is 1. The topological polar surface area (TPSA) is 96.3 Å². The first-order valence-corrected chi connectivity index (χ1v) is 15.9. The summed E-state index contributed by atoms with van der Waals surface area (Å²) in [5.41, 5.74) is 7.49. The number of carboxylic acid groups (broad SMARTS) is 1. The molecule has 7 nitrogen and oxygen atoms in total. The second-order valence-corrected chi connectivity index (χ2v) is 12.2. The molecular weight excluding hydrogens is 585 g/mol. The van der Waals surface area contributed by atoms with Crippen molar-refractivity contribution < 1.29 is 49.0 Å². The number of hydrogen-bond donors (Lipinski definition) is 1. The molecular formula is C38H40N3NaO4. The summed E-state index contributed by atoms with van der Waals surface area (Å²) in [5, 5.41) is 17.3. The van der Waals surface area contributed by atoms with Crippen molar-refractivity contribution in [2.75, 3.05) is 13.2 Å². The largest absolute Gasteiger partial charge is 1.00 e. The van der Waals surface area contributed by atoms with E-state index in [0.717, 1.165) is 68.3 Å². The summed E-state index contributed by atoms with van der Waals surface area (Å²) >= 11 is 0. The number of nitrogens with zero attached hydrogens (tertiary/aromatic N) is 2. The van der Waals surface area contributed by atoms with Crippen LogP contribution in [-0.2, 0) is 27.4 Å². The van der Waals surface area contributed by atoms with Crippen molar-refractivity contribution in [3.05, 3.63) is 112 Å². The minimum absolute atomic E-state index is 0. The van der Waals surface area contributed by atoms with Gasteiger partial charge in [0.15, 0.2) is 0 Å². The summed E-state index contributed by atoms with van der Waals surface area (Å²) in [6, 6.07) is 26.6. The smallest absolute Gasteiger partial charge is 0.549 e. The number of benzene rings is 3. The van der Waals surface area contributed by atoms with E-state index >= 15 is 0 Å². The van der Waals surface area contributed by atoms with Crippen LogP contribution in [0.5, 0.6) is 0 Å². The minimum atomic E-state index is -1.07. The van der Waals surface area contributed by atoms with Gasteiger partial charge in [0.1, 0.15) is 5.65 Å². The van der Waals surface area contributed by atoms with Gasteiger partial charge in [-0.2, -0.15) is 0 Å². The third-order valence-electron chi connectivity index (χ3n) is 9.44. The molecule has 1 amide bonds. The molecule has 1 saturated heterocycles. The number of aromatic nitrogens is 2. The molecule has 1 aliphatic rings. The van der Waals surface area contributed by atoms with E-state index < -0.39 is 11.9 Å². The Hall–Kier alpha value is -3.49. The summed E-state index contributed by atoms with van der Waals surface area (Å²) in [6.07, 6.45) is 2.16. The van der Waals surface area contributed by atoms with E-state index in [2.05, 4.69) is 46.3 Å². The molecule has 0 bridgehead atoms. The number of carboxylic acids is 1. The van der Waals surface area contributed by atoms with Crippen molar-refractivity contribution >= 4 is 33.8 Å². The van der Waals surface area contributed by atoms with E-state index in [1.807, 2.05) is 63.2 Å². The van der Waals surface area contributed by atoms with E-state index in [4.69, 9.17) is 9.72 Å². The van der Waals surface area contributed by atoms with Gasteiger partial charge in [-0.05, 0) is 72.9 Å². The first-order valence-electron chi connectivity index (χ1n) is 15.9. The molecule has 0 saturated carbocycles. The van der Waals surface area contributed by atoms with Gasteiger partial charge in [-0.25, -0.2) is 4.98 Å². The zero-order chi connectivity index (χ0) is 31.5. The van der Waals surface area contributed by atoms with E-state index in [0.29, 0.717) is 32.7 Å². The van der Waals surface area contributed by atoms with E-state index in [9.17, 15) is 14.7 Å². The summed E-state index contributed by atoms with van der Waals surface area (Å²) in [5.74, 6) is -1.75. The maximum Gasteiger partial charge on any atom is 1.00 e. The van der Waals surface area contributed by atoms with Gasteiger partial charge in [-0.15, -0.1) is 0 Å². The van der Waals surface area contributed by atoms with Crippen molar-refractivity contribution in [1.29, 1.82) is 0 Å². The van der Waals surface area contributed by atoms with Crippen molar-refractivity contribution in [3.8, 4) is 0 Å². The number of ether oxygens (including phenoxy) is 1. The second-order valence-electron chi connectivity index (χ2n) is 12.2. The van der Waals surface area contributed by atoms with Gasteiger partial charge in [0.25, 0.3) is 0 Å². The normalized spacial score (nSPS) is 14.9. The maximum atomic E-state index is 13.6. The van der Waals surface area contributed by atoms with Gasteiger partial charge in [0.2, 0.25) is 5.91 Å². The molecule has 1 fully saturated rings. The quantitative estimate of drug-likeness (QED) is 0.241. The van der Waals surface area contributed by atoms with Gasteiger partial charge < -0.3 is 24.5 Å². The third-order valence-corrected chi connectivity index (χ3v) is 9.44. The predicted molar refractivity (Wildman–Crippen MR) is 175 cm³/mol. The van der Waals surface area contributed by atoms with Crippen LogP contribution in [-0.4, -0.2) is 34.6 Å². The number of hydrogen-bond acceptors (Lipinski definition) is 5. The number of pyridine rings is 1. The van der Waals surface area contributed by atoms with Crippen LogP contribution in [0, 0.1) is 19.8 Å². The number of carbonyl (C=O) groups excluding carboxylic acids is 2. The van der Waals surface area contributed by atoms with Crippen LogP contribution in [0.25, 0.3) is 21.9 Å². The predicted octanol–water partition coefficient (Wildman–Crippen LogP) is 2.93. The Bertz CT molecular complexity index is 1830. The number of nitrogens with one attached hydrogen (secondary N) is 1. The molecule has 2 aromatic heterocycles. The van der Waals surface area contributed by atoms with Crippen LogP contribution in [0.1, 0.15) is 71.5 Å². The van der Waals surface area contributed by atoms with Crippen LogP contribution in [0.2, 0.25) is 0 Å². The van der Waals surface area contributed by atoms with Crippen LogP contribution in [0.15, 0.2) is 78.9 Å². The number of carbonyl (C=O) groups is 2. The fourth-order valence-electron chi connectivity index (χ4n) is 7.16. The average molecular weight is 626 g/mol. The first kappa shape index (κ1) is 33.9. The molecule has 8 heteroatoms.